The molecule has 0 N–H and O–H groups in total. The van der Waals surface area contributed by atoms with E-state index >= 15 is 0 Å². The Kier molecular flexibility index (Phi) is 3.77. The van der Waals surface area contributed by atoms with E-state index in [0.29, 0.717) is 0 Å². The number of para-hydroxylation sites is 1. The summed E-state index contributed by atoms with van der Waals surface area (Å²) < 4.78 is 39.0. The van der Waals surface area contributed by atoms with E-state index in [9.17, 15) is 18.0 Å². The molecule has 0 spiro atoms. The summed E-state index contributed by atoms with van der Waals surface area (Å²) >= 11 is 5.91. The van der Waals surface area contributed by atoms with Crippen LogP contribution < -0.4 is 5.01 Å². The third-order valence-electron chi connectivity index (χ3n) is 3.01. The van der Waals surface area contributed by atoms with Gasteiger partial charge in [-0.1, -0.05) is 37.6 Å². The summed E-state index contributed by atoms with van der Waals surface area (Å²) in [5.41, 5.74) is -0.915. The van der Waals surface area contributed by atoms with E-state index in [-0.39, 0.29) is 10.7 Å². The Morgan fingerprint density at radius 3 is 2.35 bits per heavy atom. The maximum atomic E-state index is 13.0. The fraction of sp³-hybridized carbons (Fsp3) is 0.385. The molecule has 3 nitrogen and oxygen atoms in total. The van der Waals surface area contributed by atoms with Crippen LogP contribution in [0.4, 0.5) is 18.9 Å². The second kappa shape index (κ2) is 5.09. The number of alkyl halides is 3. The molecule has 1 aliphatic rings. The van der Waals surface area contributed by atoms with Crippen LogP contribution in [0.5, 0.6) is 0 Å². The van der Waals surface area contributed by atoms with E-state index < -0.39 is 29.6 Å². The van der Waals surface area contributed by atoms with Crippen LogP contribution in [-0.4, -0.2) is 17.8 Å². The van der Waals surface area contributed by atoms with Crippen LogP contribution in [0.15, 0.2) is 29.4 Å². The Hall–Kier alpha value is -1.56. The zero-order valence-electron chi connectivity index (χ0n) is 10.8. The summed E-state index contributed by atoms with van der Waals surface area (Å²) in [5.74, 6) is -2.51. The van der Waals surface area contributed by atoms with Crippen LogP contribution in [0, 0.1) is 11.8 Å². The van der Waals surface area contributed by atoms with Crippen molar-refractivity contribution in [2.24, 2.45) is 16.9 Å². The van der Waals surface area contributed by atoms with Crippen molar-refractivity contribution in [3.8, 4) is 0 Å². The molecule has 1 heterocycles. The number of amides is 1. The topological polar surface area (TPSA) is 32.7 Å². The Labute approximate surface area is 119 Å². The van der Waals surface area contributed by atoms with Crippen LogP contribution >= 0.6 is 11.6 Å². The van der Waals surface area contributed by atoms with Crippen molar-refractivity contribution in [3.05, 3.63) is 29.3 Å². The first kappa shape index (κ1) is 14.8. The largest absolute Gasteiger partial charge is 0.432 e. The zero-order chi connectivity index (χ0) is 15.1. The molecule has 2 rings (SSSR count). The maximum Gasteiger partial charge on any atom is 0.432 e. The highest BCUT2D eigenvalue weighted by molar-refractivity contribution is 6.34. The molecule has 1 amide bonds. The van der Waals surface area contributed by atoms with Crippen LogP contribution in [-0.2, 0) is 4.79 Å². The molecular formula is C13H12ClF3N2O. The molecule has 0 saturated carbocycles. The predicted molar refractivity (Wildman–Crippen MR) is 70.8 cm³/mol. The van der Waals surface area contributed by atoms with Crippen molar-refractivity contribution in [1.29, 1.82) is 0 Å². The number of carbonyl (C=O) groups excluding carboxylic acids is 1. The number of nitrogens with zero attached hydrogens (tertiary/aromatic N) is 2. The summed E-state index contributed by atoms with van der Waals surface area (Å²) in [4.78, 5) is 12.2. The van der Waals surface area contributed by atoms with Crippen LogP contribution in [0.25, 0.3) is 0 Å². The molecule has 0 saturated heterocycles. The fourth-order valence-electron chi connectivity index (χ4n) is 2.10. The van der Waals surface area contributed by atoms with Crippen molar-refractivity contribution in [3.63, 3.8) is 0 Å². The van der Waals surface area contributed by atoms with Gasteiger partial charge in [-0.25, -0.2) is 0 Å². The average molecular weight is 305 g/mol. The number of carbonyl (C=O) groups is 1. The maximum absolute atomic E-state index is 13.0. The van der Waals surface area contributed by atoms with Crippen molar-refractivity contribution in [1.82, 2.24) is 0 Å². The van der Waals surface area contributed by atoms with E-state index in [0.717, 1.165) is 5.01 Å². The van der Waals surface area contributed by atoms with E-state index in [2.05, 4.69) is 5.10 Å². The van der Waals surface area contributed by atoms with Gasteiger partial charge in [0.05, 0.1) is 16.6 Å². The van der Waals surface area contributed by atoms with Crippen molar-refractivity contribution >= 4 is 28.9 Å². The normalized spacial score (nSPS) is 19.8. The van der Waals surface area contributed by atoms with Gasteiger partial charge in [-0.3, -0.25) is 4.79 Å². The summed E-state index contributed by atoms with van der Waals surface area (Å²) in [5, 5.41) is 4.39. The number of hydrogen-bond acceptors (Lipinski definition) is 2. The lowest BCUT2D eigenvalue weighted by Crippen LogP contribution is -2.36. The molecule has 0 radical (unpaired) electrons. The standard InChI is InChI=1S/C13H12ClF3N2O/c1-7(2)10-11(13(15,16)17)18-19(12(10)20)9-6-4-3-5-8(9)14/h3-7,10H,1-2H3. The molecule has 0 aromatic heterocycles. The minimum atomic E-state index is -4.64. The predicted octanol–water partition coefficient (Wildman–Crippen LogP) is 3.88. The second-order valence-electron chi connectivity index (χ2n) is 4.81. The number of hydrogen-bond donors (Lipinski definition) is 0. The average Bonchev–Trinajstić information content (AvgIpc) is 2.67. The Bertz CT molecular complexity index is 569. The third kappa shape index (κ3) is 2.52. The first-order valence-corrected chi connectivity index (χ1v) is 6.35. The van der Waals surface area contributed by atoms with Gasteiger partial charge in [-0.2, -0.15) is 23.3 Å². The molecular weight excluding hydrogens is 293 g/mol. The third-order valence-corrected chi connectivity index (χ3v) is 3.33. The van der Waals surface area contributed by atoms with Gasteiger partial charge >= 0.3 is 6.18 Å². The SMILES string of the molecule is CC(C)C1C(=O)N(c2ccccc2Cl)N=C1C(F)(F)F. The minimum absolute atomic E-state index is 0.157. The molecule has 1 aromatic rings. The summed E-state index contributed by atoms with van der Waals surface area (Å²) in [7, 11) is 0. The molecule has 0 fully saturated rings. The van der Waals surface area contributed by atoms with Gasteiger partial charge in [0.2, 0.25) is 0 Å². The highest BCUT2D eigenvalue weighted by Crippen LogP contribution is 2.37. The smallest absolute Gasteiger partial charge is 0.272 e. The second-order valence-corrected chi connectivity index (χ2v) is 5.21. The zero-order valence-corrected chi connectivity index (χ0v) is 11.5. The summed E-state index contributed by atoms with van der Waals surface area (Å²) in [6, 6.07) is 6.16. The molecule has 1 atom stereocenters. The van der Waals surface area contributed by atoms with Gasteiger partial charge in [0, 0.05) is 0 Å². The van der Waals surface area contributed by atoms with Gasteiger partial charge in [0.25, 0.3) is 5.91 Å². The molecule has 108 valence electrons. The van der Waals surface area contributed by atoms with Crippen molar-refractivity contribution in [2.75, 3.05) is 5.01 Å². The van der Waals surface area contributed by atoms with Crippen molar-refractivity contribution in [2.45, 2.75) is 20.0 Å². The number of rotatable bonds is 2. The van der Waals surface area contributed by atoms with Gasteiger partial charge in [-0.15, -0.1) is 0 Å². The van der Waals surface area contributed by atoms with E-state index in [1.54, 1.807) is 26.0 Å². The fourth-order valence-corrected chi connectivity index (χ4v) is 2.31. The van der Waals surface area contributed by atoms with Crippen LogP contribution in [0.3, 0.4) is 0 Å². The van der Waals surface area contributed by atoms with Crippen molar-refractivity contribution < 1.29 is 18.0 Å². The lowest BCUT2D eigenvalue weighted by Gasteiger charge is -2.18. The molecule has 20 heavy (non-hydrogen) atoms. The monoisotopic (exact) mass is 304 g/mol. The quantitative estimate of drug-likeness (QED) is 0.816. The Morgan fingerprint density at radius 1 is 1.30 bits per heavy atom. The molecule has 0 bridgehead atoms. The number of hydrazone groups is 1. The van der Waals surface area contributed by atoms with Gasteiger partial charge in [-0.05, 0) is 18.1 Å². The van der Waals surface area contributed by atoms with E-state index in [1.165, 1.54) is 12.1 Å². The lowest BCUT2D eigenvalue weighted by molar-refractivity contribution is -0.121. The van der Waals surface area contributed by atoms with Crippen LogP contribution in [0.1, 0.15) is 13.8 Å². The lowest BCUT2D eigenvalue weighted by atomic mass is 9.90. The number of benzene rings is 1. The molecule has 1 aromatic carbocycles. The molecule has 1 aliphatic heterocycles. The summed E-state index contributed by atoms with van der Waals surface area (Å²) in [6.07, 6.45) is -4.64. The Morgan fingerprint density at radius 2 is 1.90 bits per heavy atom. The van der Waals surface area contributed by atoms with E-state index in [1.807, 2.05) is 0 Å². The first-order chi connectivity index (χ1) is 9.23. The highest BCUT2D eigenvalue weighted by atomic mass is 35.5. The first-order valence-electron chi connectivity index (χ1n) is 5.97. The number of halogens is 4. The van der Waals surface area contributed by atoms with E-state index in [4.69, 9.17) is 11.6 Å². The molecule has 7 heteroatoms. The van der Waals surface area contributed by atoms with Gasteiger partial charge in [0.1, 0.15) is 0 Å². The molecule has 0 aliphatic carbocycles. The highest BCUT2D eigenvalue weighted by Gasteiger charge is 2.51. The number of anilines is 1. The Balaban J connectivity index is 2.50. The summed E-state index contributed by atoms with van der Waals surface area (Å²) in [6.45, 7) is 3.11. The van der Waals surface area contributed by atoms with Gasteiger partial charge < -0.3 is 0 Å². The minimum Gasteiger partial charge on any atom is -0.272 e. The van der Waals surface area contributed by atoms with Crippen LogP contribution in [0.2, 0.25) is 5.02 Å². The molecule has 1 unspecified atom stereocenters. The van der Waals surface area contributed by atoms with Gasteiger partial charge in [0.15, 0.2) is 5.71 Å².